The lowest BCUT2D eigenvalue weighted by molar-refractivity contribution is 0.112. The monoisotopic (exact) mass is 319 g/mol. The van der Waals surface area contributed by atoms with Crippen molar-refractivity contribution in [2.45, 2.75) is 6.92 Å². The minimum atomic E-state index is -0.282. The van der Waals surface area contributed by atoms with E-state index in [1.807, 2.05) is 31.2 Å². The fourth-order valence-corrected chi connectivity index (χ4v) is 2.97. The van der Waals surface area contributed by atoms with Crippen molar-refractivity contribution >= 4 is 22.8 Å². The van der Waals surface area contributed by atoms with Gasteiger partial charge in [-0.2, -0.15) is 5.10 Å². The summed E-state index contributed by atoms with van der Waals surface area (Å²) in [6, 6.07) is 12.4. The van der Waals surface area contributed by atoms with E-state index in [4.69, 9.17) is 0 Å². The maximum absolute atomic E-state index is 12.0. The third-order valence-electron chi connectivity index (χ3n) is 4.19. The van der Waals surface area contributed by atoms with Crippen LogP contribution in [0.4, 0.5) is 0 Å². The minimum Gasteiger partial charge on any atom is -0.507 e. The van der Waals surface area contributed by atoms with Gasteiger partial charge in [0.1, 0.15) is 5.75 Å². The summed E-state index contributed by atoms with van der Waals surface area (Å²) in [7, 11) is 0. The molecule has 4 aromatic rings. The first kappa shape index (κ1) is 14.2. The summed E-state index contributed by atoms with van der Waals surface area (Å²) in [4.78, 5) is 23.0. The van der Waals surface area contributed by atoms with Crippen LogP contribution in [0.3, 0.4) is 0 Å². The van der Waals surface area contributed by atoms with Gasteiger partial charge in [0.25, 0.3) is 0 Å². The van der Waals surface area contributed by atoms with E-state index in [0.717, 1.165) is 27.6 Å². The van der Waals surface area contributed by atoms with E-state index in [1.54, 1.807) is 12.1 Å². The molecule has 0 fully saturated rings. The highest BCUT2D eigenvalue weighted by Gasteiger charge is 2.10. The van der Waals surface area contributed by atoms with Gasteiger partial charge < -0.3 is 5.11 Å². The van der Waals surface area contributed by atoms with E-state index < -0.39 is 0 Å². The number of fused-ring (bicyclic) bond motifs is 3. The molecule has 0 radical (unpaired) electrons. The summed E-state index contributed by atoms with van der Waals surface area (Å²) in [5.74, 6) is -0.0441. The zero-order chi connectivity index (χ0) is 16.8. The van der Waals surface area contributed by atoms with Gasteiger partial charge in [0.05, 0.1) is 11.1 Å². The highest BCUT2D eigenvalue weighted by molar-refractivity contribution is 5.90. The van der Waals surface area contributed by atoms with Gasteiger partial charge in [0.2, 0.25) is 0 Å². The number of H-pyrrole nitrogens is 1. The molecule has 0 aliphatic heterocycles. The summed E-state index contributed by atoms with van der Waals surface area (Å²) in [6.07, 6.45) is 0.625. The molecule has 0 unspecified atom stereocenters. The molecular weight excluding hydrogens is 306 g/mol. The number of hydrogen-bond donors (Lipinski definition) is 2. The van der Waals surface area contributed by atoms with Gasteiger partial charge in [-0.25, -0.2) is 14.3 Å². The van der Waals surface area contributed by atoms with Crippen LogP contribution in [0.25, 0.3) is 27.7 Å². The van der Waals surface area contributed by atoms with Crippen LogP contribution in [0.1, 0.15) is 15.9 Å². The van der Waals surface area contributed by atoms with Gasteiger partial charge >= 0.3 is 5.69 Å². The maximum atomic E-state index is 12.0. The Morgan fingerprint density at radius 1 is 1.12 bits per heavy atom. The van der Waals surface area contributed by atoms with Gasteiger partial charge in [-0.3, -0.25) is 4.79 Å². The molecule has 118 valence electrons. The number of carbonyl (C=O) groups is 1. The number of phenolic OH excluding ortho intramolecular Hbond substituents is 1. The van der Waals surface area contributed by atoms with Crippen molar-refractivity contribution in [2.24, 2.45) is 0 Å². The first-order valence-electron chi connectivity index (χ1n) is 7.37. The molecule has 0 atom stereocenters. The number of nitrogens with zero attached hydrogens (tertiary/aromatic N) is 2. The quantitative estimate of drug-likeness (QED) is 0.556. The molecule has 2 heterocycles. The molecule has 2 N–H and O–H groups in total. The fourth-order valence-electron chi connectivity index (χ4n) is 2.97. The molecule has 0 amide bonds. The first-order chi connectivity index (χ1) is 11.6. The fraction of sp³-hybridized carbons (Fsp3) is 0.0556. The van der Waals surface area contributed by atoms with Crippen LogP contribution in [0.15, 0.2) is 47.3 Å². The number of benzene rings is 2. The van der Waals surface area contributed by atoms with E-state index in [-0.39, 0.29) is 17.0 Å². The van der Waals surface area contributed by atoms with E-state index in [9.17, 15) is 14.7 Å². The lowest BCUT2D eigenvalue weighted by atomic mass is 9.99. The smallest absolute Gasteiger partial charge is 0.348 e. The van der Waals surface area contributed by atoms with E-state index >= 15 is 0 Å². The molecule has 2 aromatic carbocycles. The van der Waals surface area contributed by atoms with Crippen molar-refractivity contribution in [1.82, 2.24) is 14.6 Å². The topological polar surface area (TPSA) is 87.5 Å². The Balaban J connectivity index is 2.00. The Kier molecular flexibility index (Phi) is 2.99. The van der Waals surface area contributed by atoms with Crippen LogP contribution in [0, 0.1) is 6.92 Å². The number of aldehydes is 1. The Morgan fingerprint density at radius 3 is 2.67 bits per heavy atom. The van der Waals surface area contributed by atoms with Crippen molar-refractivity contribution in [3.05, 3.63) is 64.1 Å². The number of rotatable bonds is 2. The molecule has 0 aliphatic rings. The average molecular weight is 319 g/mol. The molecule has 0 saturated carbocycles. The molecule has 0 saturated heterocycles. The molecule has 0 bridgehead atoms. The third kappa shape index (κ3) is 2.00. The minimum absolute atomic E-state index is 0.0441. The standard InChI is InChI=1S/C18H13N3O3/c1-10-6-17-19-20-18(24)21(17)15-4-2-12(8-14(10)15)11-3-5-16(23)13(7-11)9-22/h2-9,23H,1H3,(H,20,24). The number of carbonyl (C=O) groups excluding carboxylic acids is 1. The molecule has 24 heavy (non-hydrogen) atoms. The number of nitrogens with one attached hydrogen (secondary N) is 1. The van der Waals surface area contributed by atoms with Crippen molar-refractivity contribution < 1.29 is 9.90 Å². The number of aromatic nitrogens is 3. The highest BCUT2D eigenvalue weighted by atomic mass is 16.3. The predicted molar refractivity (Wildman–Crippen MR) is 90.5 cm³/mol. The van der Waals surface area contributed by atoms with Crippen molar-refractivity contribution in [3.63, 3.8) is 0 Å². The normalized spacial score (nSPS) is 11.2. The Morgan fingerprint density at radius 2 is 1.88 bits per heavy atom. The van der Waals surface area contributed by atoms with Crippen LogP contribution >= 0.6 is 0 Å². The SMILES string of the molecule is Cc1cc2n[nH]c(=O)n2c2ccc(-c3ccc(O)c(C=O)c3)cc12. The van der Waals surface area contributed by atoms with E-state index in [1.165, 1.54) is 10.5 Å². The molecule has 6 heteroatoms. The summed E-state index contributed by atoms with van der Waals surface area (Å²) in [5.41, 5.74) is 4.00. The Hall–Kier alpha value is -3.41. The molecular formula is C18H13N3O3. The first-order valence-corrected chi connectivity index (χ1v) is 7.37. The summed E-state index contributed by atoms with van der Waals surface area (Å²) in [6.45, 7) is 1.96. The predicted octanol–water partition coefficient (Wildman–Crippen LogP) is 2.67. The zero-order valence-electron chi connectivity index (χ0n) is 12.8. The second kappa shape index (κ2) is 5.06. The number of hydrogen-bond acceptors (Lipinski definition) is 4. The van der Waals surface area contributed by atoms with E-state index in [2.05, 4.69) is 10.2 Å². The number of pyridine rings is 1. The number of aryl methyl sites for hydroxylation is 1. The highest BCUT2D eigenvalue weighted by Crippen LogP contribution is 2.29. The second-order valence-electron chi connectivity index (χ2n) is 5.67. The van der Waals surface area contributed by atoms with Crippen LogP contribution < -0.4 is 5.69 Å². The van der Waals surface area contributed by atoms with Gasteiger partial charge in [-0.15, -0.1) is 0 Å². The largest absolute Gasteiger partial charge is 0.507 e. The van der Waals surface area contributed by atoms with Crippen LogP contribution in [0.5, 0.6) is 5.75 Å². The van der Waals surface area contributed by atoms with Crippen molar-refractivity contribution in [2.75, 3.05) is 0 Å². The van der Waals surface area contributed by atoms with Gasteiger partial charge in [0, 0.05) is 5.39 Å². The molecule has 4 rings (SSSR count). The van der Waals surface area contributed by atoms with E-state index in [0.29, 0.717) is 11.9 Å². The Labute approximate surface area is 136 Å². The van der Waals surface area contributed by atoms with Gasteiger partial charge in [-0.05, 0) is 53.9 Å². The van der Waals surface area contributed by atoms with Gasteiger partial charge in [-0.1, -0.05) is 12.1 Å². The molecule has 6 nitrogen and oxygen atoms in total. The summed E-state index contributed by atoms with van der Waals surface area (Å²) in [5, 5.41) is 17.0. The number of aromatic amines is 1. The van der Waals surface area contributed by atoms with Crippen LogP contribution in [0.2, 0.25) is 0 Å². The molecule has 0 spiro atoms. The average Bonchev–Trinajstić information content (AvgIpc) is 2.96. The molecule has 0 aliphatic carbocycles. The van der Waals surface area contributed by atoms with Crippen LogP contribution in [-0.2, 0) is 0 Å². The second-order valence-corrected chi connectivity index (χ2v) is 5.67. The van der Waals surface area contributed by atoms with Gasteiger partial charge in [0.15, 0.2) is 11.9 Å². The zero-order valence-corrected chi connectivity index (χ0v) is 12.8. The van der Waals surface area contributed by atoms with Crippen molar-refractivity contribution in [1.29, 1.82) is 0 Å². The summed E-state index contributed by atoms with van der Waals surface area (Å²) >= 11 is 0. The Bertz CT molecular complexity index is 1170. The summed E-state index contributed by atoms with van der Waals surface area (Å²) < 4.78 is 1.53. The lowest BCUT2D eigenvalue weighted by Crippen LogP contribution is -2.10. The number of phenols is 1. The number of aromatic hydroxyl groups is 1. The van der Waals surface area contributed by atoms with Crippen LogP contribution in [-0.4, -0.2) is 26.0 Å². The van der Waals surface area contributed by atoms with Crippen molar-refractivity contribution in [3.8, 4) is 16.9 Å². The molecule has 2 aromatic heterocycles. The maximum Gasteiger partial charge on any atom is 0.348 e. The lowest BCUT2D eigenvalue weighted by Gasteiger charge is -2.09. The third-order valence-corrected chi connectivity index (χ3v) is 4.19.